The maximum absolute atomic E-state index is 9.03. The molecule has 2 N–H and O–H groups in total. The van der Waals surface area contributed by atoms with Crippen molar-refractivity contribution in [1.82, 2.24) is 5.32 Å². The minimum Gasteiger partial charge on any atom is -0.393 e. The summed E-state index contributed by atoms with van der Waals surface area (Å²) in [5.74, 6) is 3.33. The molecule has 12 heavy (non-hydrogen) atoms. The number of hydrogen-bond donors (Lipinski definition) is 2. The maximum atomic E-state index is 9.03. The zero-order valence-electron chi connectivity index (χ0n) is 7.59. The zero-order chi connectivity index (χ0) is 8.97. The van der Waals surface area contributed by atoms with Gasteiger partial charge in [0.1, 0.15) is 0 Å². The van der Waals surface area contributed by atoms with Gasteiger partial charge < -0.3 is 10.4 Å². The topological polar surface area (TPSA) is 32.3 Å². The van der Waals surface area contributed by atoms with Gasteiger partial charge in [-0.3, -0.25) is 0 Å². The van der Waals surface area contributed by atoms with Gasteiger partial charge in [-0.05, 0) is 31.7 Å². The van der Waals surface area contributed by atoms with Crippen LogP contribution in [0.1, 0.15) is 26.2 Å². The minimum absolute atomic E-state index is 0.0530. The molecule has 0 bridgehead atoms. The summed E-state index contributed by atoms with van der Waals surface area (Å²) in [5, 5.41) is 12.3. The molecular weight excluding hydrogens is 150 g/mol. The summed E-state index contributed by atoms with van der Waals surface area (Å²) < 4.78 is 0. The number of hydrogen-bond acceptors (Lipinski definition) is 2. The monoisotopic (exact) mass is 167 g/mol. The lowest BCUT2D eigenvalue weighted by Crippen LogP contribution is -2.39. The van der Waals surface area contributed by atoms with Crippen molar-refractivity contribution in [3.63, 3.8) is 0 Å². The van der Waals surface area contributed by atoms with Gasteiger partial charge in [0.05, 0.1) is 12.1 Å². The summed E-state index contributed by atoms with van der Waals surface area (Å²) in [7, 11) is 0. The van der Waals surface area contributed by atoms with Gasteiger partial charge in [0.2, 0.25) is 0 Å². The SMILES string of the molecule is C#CC(CC)NCC1CC(O)C1. The van der Waals surface area contributed by atoms with Crippen LogP contribution in [0.2, 0.25) is 0 Å². The molecule has 0 spiro atoms. The molecule has 68 valence electrons. The molecular formula is C10H17NO. The highest BCUT2D eigenvalue weighted by atomic mass is 16.3. The molecule has 0 aromatic rings. The van der Waals surface area contributed by atoms with E-state index in [-0.39, 0.29) is 12.1 Å². The zero-order valence-corrected chi connectivity index (χ0v) is 7.59. The number of rotatable bonds is 4. The quantitative estimate of drug-likeness (QED) is 0.606. The molecule has 2 heteroatoms. The minimum atomic E-state index is -0.0530. The first kappa shape index (κ1) is 9.57. The Bertz CT molecular complexity index is 167. The van der Waals surface area contributed by atoms with Crippen LogP contribution in [0.15, 0.2) is 0 Å². The molecule has 1 aliphatic carbocycles. The average Bonchev–Trinajstić information content (AvgIpc) is 2.03. The van der Waals surface area contributed by atoms with Crippen LogP contribution in [0.25, 0.3) is 0 Å². The van der Waals surface area contributed by atoms with Gasteiger partial charge >= 0.3 is 0 Å². The molecule has 1 rings (SSSR count). The van der Waals surface area contributed by atoms with Crippen molar-refractivity contribution in [3.05, 3.63) is 0 Å². The third-order valence-corrected chi connectivity index (χ3v) is 2.47. The summed E-state index contributed by atoms with van der Waals surface area (Å²) in [6, 6.07) is 0.211. The Morgan fingerprint density at radius 1 is 1.67 bits per heavy atom. The highest BCUT2D eigenvalue weighted by Crippen LogP contribution is 2.26. The van der Waals surface area contributed by atoms with Crippen molar-refractivity contribution in [1.29, 1.82) is 0 Å². The molecule has 0 aromatic carbocycles. The fourth-order valence-corrected chi connectivity index (χ4v) is 1.50. The van der Waals surface area contributed by atoms with Gasteiger partial charge in [-0.2, -0.15) is 0 Å². The fourth-order valence-electron chi connectivity index (χ4n) is 1.50. The summed E-state index contributed by atoms with van der Waals surface area (Å²) in [6.45, 7) is 3.03. The standard InChI is InChI=1S/C10H17NO/c1-3-9(4-2)11-7-8-5-10(12)6-8/h1,8-12H,4-7H2,2H3. The number of aliphatic hydroxyl groups is 1. The molecule has 0 aliphatic heterocycles. The van der Waals surface area contributed by atoms with Crippen molar-refractivity contribution in [2.45, 2.75) is 38.3 Å². The highest BCUT2D eigenvalue weighted by Gasteiger charge is 2.26. The van der Waals surface area contributed by atoms with Crippen LogP contribution in [0.4, 0.5) is 0 Å². The van der Waals surface area contributed by atoms with Gasteiger partial charge in [0.15, 0.2) is 0 Å². The van der Waals surface area contributed by atoms with Crippen LogP contribution in [-0.2, 0) is 0 Å². The van der Waals surface area contributed by atoms with Crippen molar-refractivity contribution < 1.29 is 5.11 Å². The van der Waals surface area contributed by atoms with E-state index in [0.717, 1.165) is 25.8 Å². The van der Waals surface area contributed by atoms with E-state index in [9.17, 15) is 0 Å². The molecule has 0 radical (unpaired) electrons. The van der Waals surface area contributed by atoms with E-state index in [0.29, 0.717) is 5.92 Å². The lowest BCUT2D eigenvalue weighted by atomic mass is 9.82. The normalized spacial score (nSPS) is 30.4. The van der Waals surface area contributed by atoms with Crippen LogP contribution < -0.4 is 5.32 Å². The van der Waals surface area contributed by atoms with Crippen LogP contribution >= 0.6 is 0 Å². The Kier molecular flexibility index (Phi) is 3.58. The second-order valence-electron chi connectivity index (χ2n) is 3.53. The average molecular weight is 167 g/mol. The summed E-state index contributed by atoms with van der Waals surface area (Å²) >= 11 is 0. The Balaban J connectivity index is 2.06. The lowest BCUT2D eigenvalue weighted by molar-refractivity contribution is 0.0425. The Morgan fingerprint density at radius 3 is 2.75 bits per heavy atom. The molecule has 1 unspecified atom stereocenters. The summed E-state index contributed by atoms with van der Waals surface area (Å²) in [6.07, 6.45) is 8.10. The van der Waals surface area contributed by atoms with Crippen molar-refractivity contribution in [2.24, 2.45) is 5.92 Å². The van der Waals surface area contributed by atoms with Crippen molar-refractivity contribution in [2.75, 3.05) is 6.54 Å². The largest absolute Gasteiger partial charge is 0.393 e. The molecule has 0 heterocycles. The molecule has 0 amide bonds. The van der Waals surface area contributed by atoms with E-state index in [1.807, 2.05) is 0 Å². The first-order valence-electron chi connectivity index (χ1n) is 4.63. The number of nitrogens with one attached hydrogen (secondary N) is 1. The van der Waals surface area contributed by atoms with Gasteiger partial charge in [0, 0.05) is 0 Å². The van der Waals surface area contributed by atoms with E-state index in [2.05, 4.69) is 18.2 Å². The van der Waals surface area contributed by atoms with E-state index < -0.39 is 0 Å². The number of terminal acetylenes is 1. The number of aliphatic hydroxyl groups excluding tert-OH is 1. The van der Waals surface area contributed by atoms with Crippen LogP contribution in [0.3, 0.4) is 0 Å². The van der Waals surface area contributed by atoms with E-state index >= 15 is 0 Å². The second kappa shape index (κ2) is 4.49. The molecule has 2 nitrogen and oxygen atoms in total. The van der Waals surface area contributed by atoms with E-state index in [1.54, 1.807) is 0 Å². The predicted octanol–water partition coefficient (Wildman–Crippen LogP) is 0.759. The molecule has 1 fully saturated rings. The Morgan fingerprint density at radius 2 is 2.33 bits per heavy atom. The van der Waals surface area contributed by atoms with Gasteiger partial charge in [-0.25, -0.2) is 0 Å². The van der Waals surface area contributed by atoms with Crippen molar-refractivity contribution in [3.8, 4) is 12.3 Å². The summed E-state index contributed by atoms with van der Waals surface area (Å²) in [4.78, 5) is 0. The van der Waals surface area contributed by atoms with Crippen molar-refractivity contribution >= 4 is 0 Å². The predicted molar refractivity (Wildman–Crippen MR) is 49.6 cm³/mol. The third-order valence-electron chi connectivity index (χ3n) is 2.47. The fraction of sp³-hybridized carbons (Fsp3) is 0.800. The van der Waals surface area contributed by atoms with Gasteiger partial charge in [0.25, 0.3) is 0 Å². The highest BCUT2D eigenvalue weighted by molar-refractivity contribution is 4.98. The second-order valence-corrected chi connectivity index (χ2v) is 3.53. The first-order valence-corrected chi connectivity index (χ1v) is 4.63. The van der Waals surface area contributed by atoms with Gasteiger partial charge in [-0.1, -0.05) is 12.8 Å². The smallest absolute Gasteiger partial charge is 0.0684 e. The van der Waals surface area contributed by atoms with Crippen LogP contribution in [0, 0.1) is 18.3 Å². The molecule has 0 saturated heterocycles. The Hall–Kier alpha value is -0.520. The van der Waals surface area contributed by atoms with Crippen LogP contribution in [-0.4, -0.2) is 23.8 Å². The molecule has 1 atom stereocenters. The molecule has 1 saturated carbocycles. The molecule has 0 aromatic heterocycles. The maximum Gasteiger partial charge on any atom is 0.0684 e. The molecule has 1 aliphatic rings. The lowest BCUT2D eigenvalue weighted by Gasteiger charge is -2.32. The third kappa shape index (κ3) is 2.51. The first-order chi connectivity index (χ1) is 5.76. The van der Waals surface area contributed by atoms with Crippen LogP contribution in [0.5, 0.6) is 0 Å². The Labute approximate surface area is 74.4 Å². The van der Waals surface area contributed by atoms with E-state index in [4.69, 9.17) is 11.5 Å². The summed E-state index contributed by atoms with van der Waals surface area (Å²) in [5.41, 5.74) is 0. The van der Waals surface area contributed by atoms with E-state index in [1.165, 1.54) is 0 Å². The van der Waals surface area contributed by atoms with Gasteiger partial charge in [-0.15, -0.1) is 6.42 Å².